The molecular formula is C11H10BrNO. The van der Waals surface area contributed by atoms with Gasteiger partial charge >= 0.3 is 0 Å². The summed E-state index contributed by atoms with van der Waals surface area (Å²) in [6.45, 7) is 1.98. The van der Waals surface area contributed by atoms with Crippen LogP contribution in [-0.2, 0) is 0 Å². The summed E-state index contributed by atoms with van der Waals surface area (Å²) in [5.74, 6) is 0.823. The molecule has 14 heavy (non-hydrogen) atoms. The van der Waals surface area contributed by atoms with Gasteiger partial charge in [-0.2, -0.15) is 0 Å². The second kappa shape index (κ2) is 3.50. The van der Waals surface area contributed by atoms with Gasteiger partial charge < -0.3 is 10.2 Å². The number of aryl methyl sites for hydroxylation is 1. The highest BCUT2D eigenvalue weighted by Gasteiger charge is 2.04. The molecular weight excluding hydrogens is 242 g/mol. The van der Waals surface area contributed by atoms with Crippen molar-refractivity contribution in [2.45, 2.75) is 6.92 Å². The zero-order chi connectivity index (χ0) is 10.1. The van der Waals surface area contributed by atoms with Crippen LogP contribution < -0.4 is 5.73 Å². The maximum atomic E-state index is 5.81. The van der Waals surface area contributed by atoms with Crippen molar-refractivity contribution in [3.05, 3.63) is 40.6 Å². The summed E-state index contributed by atoms with van der Waals surface area (Å²) in [4.78, 5) is 0. The highest BCUT2D eigenvalue weighted by Crippen LogP contribution is 2.27. The van der Waals surface area contributed by atoms with E-state index in [1.165, 1.54) is 0 Å². The molecule has 1 aromatic heterocycles. The molecule has 2 nitrogen and oxygen atoms in total. The molecule has 1 aromatic carbocycles. The molecule has 0 bridgehead atoms. The molecule has 0 aliphatic rings. The third kappa shape index (κ3) is 1.68. The summed E-state index contributed by atoms with van der Waals surface area (Å²) < 4.78 is 6.15. The minimum Gasteiger partial charge on any atom is -0.449 e. The van der Waals surface area contributed by atoms with Crippen LogP contribution in [0.5, 0.6) is 0 Å². The van der Waals surface area contributed by atoms with Gasteiger partial charge in [0, 0.05) is 11.3 Å². The maximum absolute atomic E-state index is 5.81. The van der Waals surface area contributed by atoms with Crippen molar-refractivity contribution in [2.75, 3.05) is 5.73 Å². The van der Waals surface area contributed by atoms with Crippen LogP contribution in [-0.4, -0.2) is 0 Å². The lowest BCUT2D eigenvalue weighted by Crippen LogP contribution is -1.89. The predicted molar refractivity (Wildman–Crippen MR) is 61.0 cm³/mol. The zero-order valence-electron chi connectivity index (χ0n) is 7.75. The fraction of sp³-hybridized carbons (Fsp3) is 0.0909. The lowest BCUT2D eigenvalue weighted by atomic mass is 10.1. The number of nitrogen functional groups attached to an aromatic ring is 1. The van der Waals surface area contributed by atoms with Gasteiger partial charge in [0.15, 0.2) is 4.67 Å². The Bertz CT molecular complexity index is 462. The van der Waals surface area contributed by atoms with E-state index in [0.717, 1.165) is 27.2 Å². The first-order valence-corrected chi connectivity index (χ1v) is 5.08. The molecule has 0 unspecified atom stereocenters. The van der Waals surface area contributed by atoms with Crippen LogP contribution in [0.4, 0.5) is 5.69 Å². The number of anilines is 1. The smallest absolute Gasteiger partial charge is 0.169 e. The topological polar surface area (TPSA) is 39.2 Å². The van der Waals surface area contributed by atoms with Crippen molar-refractivity contribution in [1.29, 1.82) is 0 Å². The number of hydrogen-bond acceptors (Lipinski definition) is 2. The second-order valence-electron chi connectivity index (χ2n) is 3.18. The Morgan fingerprint density at radius 3 is 2.57 bits per heavy atom. The largest absolute Gasteiger partial charge is 0.449 e. The lowest BCUT2D eigenvalue weighted by Gasteiger charge is -2.01. The van der Waals surface area contributed by atoms with E-state index < -0.39 is 0 Å². The van der Waals surface area contributed by atoms with Gasteiger partial charge in [-0.3, -0.25) is 0 Å². The van der Waals surface area contributed by atoms with Crippen LogP contribution in [0.1, 0.15) is 5.56 Å². The molecule has 0 saturated heterocycles. The van der Waals surface area contributed by atoms with Crippen molar-refractivity contribution in [1.82, 2.24) is 0 Å². The molecule has 2 aromatic rings. The molecule has 0 spiro atoms. The zero-order valence-corrected chi connectivity index (χ0v) is 9.34. The predicted octanol–water partition coefficient (Wildman–Crippen LogP) is 3.60. The molecule has 3 heteroatoms. The average Bonchev–Trinajstić information content (AvgIpc) is 2.57. The average molecular weight is 252 g/mol. The molecule has 2 rings (SSSR count). The summed E-state index contributed by atoms with van der Waals surface area (Å²) in [5.41, 5.74) is 8.68. The molecule has 0 aliphatic heterocycles. The summed E-state index contributed by atoms with van der Waals surface area (Å²) in [5, 5.41) is 0. The summed E-state index contributed by atoms with van der Waals surface area (Å²) in [6, 6.07) is 9.68. The fourth-order valence-electron chi connectivity index (χ4n) is 1.26. The summed E-state index contributed by atoms with van der Waals surface area (Å²) in [7, 11) is 0. The highest BCUT2D eigenvalue weighted by atomic mass is 79.9. The van der Waals surface area contributed by atoms with Crippen LogP contribution >= 0.6 is 15.9 Å². The quantitative estimate of drug-likeness (QED) is 0.787. The Labute approximate surface area is 90.9 Å². The van der Waals surface area contributed by atoms with E-state index in [1.807, 2.05) is 37.3 Å². The van der Waals surface area contributed by atoms with Gasteiger partial charge in [0.2, 0.25) is 0 Å². The van der Waals surface area contributed by atoms with Crippen molar-refractivity contribution in [3.8, 4) is 11.3 Å². The molecule has 0 fully saturated rings. The van der Waals surface area contributed by atoms with Crippen molar-refractivity contribution >= 4 is 21.6 Å². The summed E-state index contributed by atoms with van der Waals surface area (Å²) >= 11 is 3.26. The SMILES string of the molecule is Cc1ccc(-c2ccc(Br)o2)cc1N. The van der Waals surface area contributed by atoms with E-state index in [9.17, 15) is 0 Å². The number of nitrogens with two attached hydrogens (primary N) is 1. The van der Waals surface area contributed by atoms with Gasteiger partial charge in [0.05, 0.1) is 0 Å². The molecule has 72 valence electrons. The van der Waals surface area contributed by atoms with Gasteiger partial charge in [-0.05, 0) is 46.6 Å². The van der Waals surface area contributed by atoms with Crippen molar-refractivity contribution < 1.29 is 4.42 Å². The number of furan rings is 1. The number of benzene rings is 1. The molecule has 0 atom stereocenters. The normalized spacial score (nSPS) is 10.4. The van der Waals surface area contributed by atoms with E-state index in [0.29, 0.717) is 0 Å². The van der Waals surface area contributed by atoms with E-state index >= 15 is 0 Å². The molecule has 0 aliphatic carbocycles. The standard InChI is InChI=1S/C11H10BrNO/c1-7-2-3-8(6-9(7)13)10-4-5-11(12)14-10/h2-6H,13H2,1H3. The Kier molecular flexibility index (Phi) is 2.33. The van der Waals surface area contributed by atoms with Gasteiger partial charge in [0.1, 0.15) is 5.76 Å². The van der Waals surface area contributed by atoms with Gasteiger partial charge in [-0.15, -0.1) is 0 Å². The van der Waals surface area contributed by atoms with Gasteiger partial charge in [0.25, 0.3) is 0 Å². The fourth-order valence-corrected chi connectivity index (χ4v) is 1.57. The van der Waals surface area contributed by atoms with Crippen LogP contribution in [0.2, 0.25) is 0 Å². The molecule has 0 radical (unpaired) electrons. The van der Waals surface area contributed by atoms with Gasteiger partial charge in [-0.1, -0.05) is 12.1 Å². The maximum Gasteiger partial charge on any atom is 0.169 e. The van der Waals surface area contributed by atoms with Crippen molar-refractivity contribution in [2.24, 2.45) is 0 Å². The molecule has 1 heterocycles. The minimum absolute atomic E-state index is 0.728. The monoisotopic (exact) mass is 251 g/mol. The molecule has 2 N–H and O–H groups in total. The summed E-state index contributed by atoms with van der Waals surface area (Å²) in [6.07, 6.45) is 0. The van der Waals surface area contributed by atoms with Gasteiger partial charge in [-0.25, -0.2) is 0 Å². The Hall–Kier alpha value is -1.22. The second-order valence-corrected chi connectivity index (χ2v) is 3.96. The first kappa shape index (κ1) is 9.34. The molecule has 0 saturated carbocycles. The first-order chi connectivity index (χ1) is 6.66. The minimum atomic E-state index is 0.728. The van der Waals surface area contributed by atoms with Crippen LogP contribution in [0.3, 0.4) is 0 Å². The van der Waals surface area contributed by atoms with Crippen molar-refractivity contribution in [3.63, 3.8) is 0 Å². The third-order valence-electron chi connectivity index (χ3n) is 2.14. The van der Waals surface area contributed by atoms with E-state index in [4.69, 9.17) is 10.2 Å². The van der Waals surface area contributed by atoms with Crippen LogP contribution in [0.25, 0.3) is 11.3 Å². The van der Waals surface area contributed by atoms with E-state index in [-0.39, 0.29) is 0 Å². The Morgan fingerprint density at radius 1 is 1.21 bits per heavy atom. The van der Waals surface area contributed by atoms with E-state index in [1.54, 1.807) is 0 Å². The molecule has 0 amide bonds. The highest BCUT2D eigenvalue weighted by molar-refractivity contribution is 9.10. The number of halogens is 1. The van der Waals surface area contributed by atoms with Crippen LogP contribution in [0.15, 0.2) is 39.4 Å². The Balaban J connectivity index is 2.47. The number of rotatable bonds is 1. The number of hydrogen-bond donors (Lipinski definition) is 1. The van der Waals surface area contributed by atoms with Crippen LogP contribution in [0, 0.1) is 6.92 Å². The Morgan fingerprint density at radius 2 is 2.00 bits per heavy atom. The lowest BCUT2D eigenvalue weighted by molar-refractivity contribution is 0.556. The third-order valence-corrected chi connectivity index (χ3v) is 2.56. The van der Waals surface area contributed by atoms with E-state index in [2.05, 4.69) is 15.9 Å². The first-order valence-electron chi connectivity index (χ1n) is 4.28.